The highest BCUT2D eigenvalue weighted by molar-refractivity contribution is 6.29. The molecule has 1 rings (SSSR count). The topological polar surface area (TPSA) is 80.9 Å². The van der Waals surface area contributed by atoms with E-state index >= 15 is 0 Å². The van der Waals surface area contributed by atoms with E-state index in [-0.39, 0.29) is 11.9 Å². The van der Waals surface area contributed by atoms with Crippen molar-refractivity contribution in [1.82, 2.24) is 9.97 Å². The molecule has 1 aromatic heterocycles. The van der Waals surface area contributed by atoms with Gasteiger partial charge in [0.05, 0.1) is 0 Å². The number of amides is 1. The molecule has 5 nitrogen and oxygen atoms in total. The van der Waals surface area contributed by atoms with Crippen molar-refractivity contribution in [2.45, 2.75) is 19.3 Å². The third-order valence-corrected chi connectivity index (χ3v) is 1.94. The quantitative estimate of drug-likeness (QED) is 0.586. The van der Waals surface area contributed by atoms with Crippen molar-refractivity contribution < 1.29 is 4.79 Å². The zero-order valence-electron chi connectivity index (χ0n) is 8.24. The van der Waals surface area contributed by atoms with Crippen LogP contribution in [-0.2, 0) is 4.79 Å². The van der Waals surface area contributed by atoms with Gasteiger partial charge in [0.15, 0.2) is 0 Å². The Morgan fingerprint density at radius 2 is 2.33 bits per heavy atom. The fourth-order valence-electron chi connectivity index (χ4n) is 1.01. The molecule has 15 heavy (non-hydrogen) atoms. The number of aromatic nitrogens is 2. The van der Waals surface area contributed by atoms with Gasteiger partial charge in [-0.3, -0.25) is 10.1 Å². The summed E-state index contributed by atoms with van der Waals surface area (Å²) in [6, 6.07) is 1.55. The lowest BCUT2D eigenvalue weighted by Crippen LogP contribution is -2.14. The largest absolute Gasteiger partial charge is 0.330 e. The molecule has 6 heteroatoms. The average molecular weight is 229 g/mol. The van der Waals surface area contributed by atoms with Crippen molar-refractivity contribution in [3.05, 3.63) is 17.4 Å². The Morgan fingerprint density at radius 1 is 1.53 bits per heavy atom. The molecular formula is C9H13ClN4O. The highest BCUT2D eigenvalue weighted by Gasteiger charge is 2.03. The van der Waals surface area contributed by atoms with Crippen LogP contribution < -0.4 is 11.1 Å². The average Bonchev–Trinajstić information content (AvgIpc) is 2.18. The van der Waals surface area contributed by atoms with Gasteiger partial charge < -0.3 is 5.73 Å². The van der Waals surface area contributed by atoms with Gasteiger partial charge in [0.1, 0.15) is 5.15 Å². The maximum absolute atomic E-state index is 11.3. The number of nitrogens with zero attached hydrogens (tertiary/aromatic N) is 2. The van der Waals surface area contributed by atoms with Gasteiger partial charge >= 0.3 is 0 Å². The second-order valence-electron chi connectivity index (χ2n) is 3.00. The van der Waals surface area contributed by atoms with E-state index in [1.165, 1.54) is 6.20 Å². The summed E-state index contributed by atoms with van der Waals surface area (Å²) in [4.78, 5) is 19.0. The third kappa shape index (κ3) is 4.71. The minimum Gasteiger partial charge on any atom is -0.330 e. The number of hydrogen-bond donors (Lipinski definition) is 2. The van der Waals surface area contributed by atoms with E-state index < -0.39 is 0 Å². The van der Waals surface area contributed by atoms with Crippen molar-refractivity contribution in [3.63, 3.8) is 0 Å². The number of anilines is 1. The van der Waals surface area contributed by atoms with Crippen LogP contribution in [0.3, 0.4) is 0 Å². The summed E-state index contributed by atoms with van der Waals surface area (Å²) in [6.07, 6.45) is 3.52. The first-order chi connectivity index (χ1) is 7.22. The van der Waals surface area contributed by atoms with Gasteiger partial charge in [0.25, 0.3) is 0 Å². The fraction of sp³-hybridized carbons (Fsp3) is 0.444. The zero-order chi connectivity index (χ0) is 11.1. The zero-order valence-corrected chi connectivity index (χ0v) is 9.00. The van der Waals surface area contributed by atoms with Crippen LogP contribution in [0, 0.1) is 0 Å². The molecule has 0 aromatic carbocycles. The summed E-state index contributed by atoms with van der Waals surface area (Å²) < 4.78 is 0. The molecule has 0 bridgehead atoms. The van der Waals surface area contributed by atoms with Crippen molar-refractivity contribution >= 4 is 23.5 Å². The smallest absolute Gasteiger partial charge is 0.230 e. The van der Waals surface area contributed by atoms with Gasteiger partial charge in [-0.1, -0.05) is 11.6 Å². The van der Waals surface area contributed by atoms with Gasteiger partial charge in [0.2, 0.25) is 11.9 Å². The molecule has 0 aliphatic rings. The van der Waals surface area contributed by atoms with E-state index in [0.717, 1.165) is 12.8 Å². The lowest BCUT2D eigenvalue weighted by molar-refractivity contribution is -0.116. The molecule has 0 radical (unpaired) electrons. The van der Waals surface area contributed by atoms with Gasteiger partial charge in [-0.05, 0) is 25.5 Å². The molecule has 0 atom stereocenters. The number of unbranched alkanes of at least 4 members (excludes halogenated alkanes) is 1. The lowest BCUT2D eigenvalue weighted by atomic mass is 10.2. The highest BCUT2D eigenvalue weighted by atomic mass is 35.5. The molecule has 0 unspecified atom stereocenters. The predicted molar refractivity (Wildman–Crippen MR) is 58.6 cm³/mol. The third-order valence-electron chi connectivity index (χ3n) is 1.73. The van der Waals surface area contributed by atoms with E-state index in [9.17, 15) is 4.79 Å². The molecule has 0 saturated carbocycles. The van der Waals surface area contributed by atoms with Crippen molar-refractivity contribution in [1.29, 1.82) is 0 Å². The summed E-state index contributed by atoms with van der Waals surface area (Å²) in [5, 5.41) is 2.86. The fourth-order valence-corrected chi connectivity index (χ4v) is 1.15. The number of rotatable bonds is 5. The molecule has 0 aliphatic carbocycles. The molecule has 82 valence electrons. The van der Waals surface area contributed by atoms with Crippen LogP contribution in [0.25, 0.3) is 0 Å². The predicted octanol–water partition coefficient (Wildman–Crippen LogP) is 1.20. The van der Waals surface area contributed by atoms with E-state index in [2.05, 4.69) is 15.3 Å². The minimum absolute atomic E-state index is 0.120. The number of nitrogens with one attached hydrogen (secondary N) is 1. The van der Waals surface area contributed by atoms with Crippen LogP contribution in [-0.4, -0.2) is 22.4 Å². The van der Waals surface area contributed by atoms with Gasteiger partial charge in [-0.25, -0.2) is 9.97 Å². The number of hydrogen-bond acceptors (Lipinski definition) is 4. The van der Waals surface area contributed by atoms with Crippen LogP contribution in [0.2, 0.25) is 5.15 Å². The highest BCUT2D eigenvalue weighted by Crippen LogP contribution is 2.06. The first-order valence-corrected chi connectivity index (χ1v) is 5.08. The number of carbonyl (C=O) groups excluding carboxylic acids is 1. The van der Waals surface area contributed by atoms with Crippen LogP contribution >= 0.6 is 11.6 Å². The summed E-state index contributed by atoms with van der Waals surface area (Å²) in [7, 11) is 0. The van der Waals surface area contributed by atoms with Gasteiger partial charge in [0, 0.05) is 12.6 Å². The molecule has 1 heterocycles. The monoisotopic (exact) mass is 228 g/mol. The van der Waals surface area contributed by atoms with Crippen LogP contribution in [0.4, 0.5) is 5.95 Å². The molecule has 3 N–H and O–H groups in total. The molecule has 0 saturated heterocycles. The summed E-state index contributed by atoms with van der Waals surface area (Å²) in [6.45, 7) is 0.598. The number of nitrogens with two attached hydrogens (primary N) is 1. The molecule has 0 aliphatic heterocycles. The maximum atomic E-state index is 11.3. The molecule has 0 spiro atoms. The van der Waals surface area contributed by atoms with Crippen LogP contribution in [0.5, 0.6) is 0 Å². The molecular weight excluding hydrogens is 216 g/mol. The lowest BCUT2D eigenvalue weighted by Gasteiger charge is -2.02. The number of carbonyl (C=O) groups is 1. The molecule has 1 amide bonds. The standard InChI is InChI=1S/C9H13ClN4O/c10-7-4-6-12-9(13-7)14-8(15)3-1-2-5-11/h4,6H,1-3,5,11H2,(H,12,13,14,15). The minimum atomic E-state index is -0.120. The van der Waals surface area contributed by atoms with E-state index in [1.54, 1.807) is 6.07 Å². The van der Waals surface area contributed by atoms with E-state index in [0.29, 0.717) is 18.1 Å². The number of halogens is 1. The Morgan fingerprint density at radius 3 is 3.00 bits per heavy atom. The van der Waals surface area contributed by atoms with E-state index in [4.69, 9.17) is 17.3 Å². The van der Waals surface area contributed by atoms with Gasteiger partial charge in [-0.2, -0.15) is 0 Å². The SMILES string of the molecule is NCCCCC(=O)Nc1nccc(Cl)n1. The summed E-state index contributed by atoms with van der Waals surface area (Å²) in [5.74, 6) is 0.117. The normalized spacial score (nSPS) is 10.0. The Labute approximate surface area is 93.0 Å². The van der Waals surface area contributed by atoms with Crippen molar-refractivity contribution in [2.75, 3.05) is 11.9 Å². The van der Waals surface area contributed by atoms with Gasteiger partial charge in [-0.15, -0.1) is 0 Å². The first-order valence-electron chi connectivity index (χ1n) is 4.71. The summed E-state index contributed by atoms with van der Waals surface area (Å²) in [5.41, 5.74) is 5.31. The maximum Gasteiger partial charge on any atom is 0.230 e. The Hall–Kier alpha value is -1.20. The van der Waals surface area contributed by atoms with Crippen molar-refractivity contribution in [2.24, 2.45) is 5.73 Å². The van der Waals surface area contributed by atoms with Crippen LogP contribution in [0.15, 0.2) is 12.3 Å². The first kappa shape index (κ1) is 11.9. The summed E-state index contributed by atoms with van der Waals surface area (Å²) >= 11 is 5.64. The van der Waals surface area contributed by atoms with Crippen LogP contribution in [0.1, 0.15) is 19.3 Å². The second-order valence-corrected chi connectivity index (χ2v) is 3.38. The Bertz CT molecular complexity index is 332. The molecule has 0 fully saturated rings. The second kappa shape index (κ2) is 6.31. The Balaban J connectivity index is 2.37. The molecule has 1 aromatic rings. The van der Waals surface area contributed by atoms with E-state index in [1.807, 2.05) is 0 Å². The Kier molecular flexibility index (Phi) is 5.00. The van der Waals surface area contributed by atoms with Crippen molar-refractivity contribution in [3.8, 4) is 0 Å².